The van der Waals surface area contributed by atoms with Crippen molar-refractivity contribution in [3.05, 3.63) is 65.7 Å². The van der Waals surface area contributed by atoms with Crippen molar-refractivity contribution >= 4 is 11.6 Å². The fourth-order valence-electron chi connectivity index (χ4n) is 4.72. The van der Waals surface area contributed by atoms with Crippen molar-refractivity contribution in [1.82, 2.24) is 10.2 Å². The molecule has 1 amide bonds. The Kier molecular flexibility index (Phi) is 6.19. The van der Waals surface area contributed by atoms with E-state index in [1.54, 1.807) is 0 Å². The molecule has 0 aromatic heterocycles. The van der Waals surface area contributed by atoms with E-state index in [2.05, 4.69) is 83.6 Å². The van der Waals surface area contributed by atoms with Crippen LogP contribution in [0.15, 0.2) is 54.6 Å². The first kappa shape index (κ1) is 20.0. The van der Waals surface area contributed by atoms with Gasteiger partial charge in [-0.1, -0.05) is 62.4 Å². The Morgan fingerprint density at radius 2 is 1.83 bits per heavy atom. The summed E-state index contributed by atoms with van der Waals surface area (Å²) in [5.41, 5.74) is 3.97. The summed E-state index contributed by atoms with van der Waals surface area (Å²) in [4.78, 5) is 18.2. The van der Waals surface area contributed by atoms with Crippen LogP contribution in [0, 0.1) is 11.8 Å². The zero-order chi connectivity index (χ0) is 20.2. The summed E-state index contributed by atoms with van der Waals surface area (Å²) in [6.45, 7) is 9.07. The smallest absolute Gasteiger partial charge is 0.225 e. The summed E-state index contributed by atoms with van der Waals surface area (Å²) < 4.78 is 0. The van der Waals surface area contributed by atoms with Crippen molar-refractivity contribution in [3.63, 3.8) is 0 Å². The SMILES string of the molecule is CC(C)CCNC(=O)[C@@H]1Cc2ccccc2N2CCN(Cc3ccccc3)C[C@@H]12. The first-order valence-corrected chi connectivity index (χ1v) is 11.0. The molecule has 0 saturated carbocycles. The van der Waals surface area contributed by atoms with Crippen molar-refractivity contribution in [2.45, 2.75) is 39.3 Å². The van der Waals surface area contributed by atoms with Crippen LogP contribution < -0.4 is 10.2 Å². The van der Waals surface area contributed by atoms with Crippen LogP contribution in [-0.4, -0.2) is 43.0 Å². The first-order valence-electron chi connectivity index (χ1n) is 11.0. The van der Waals surface area contributed by atoms with E-state index < -0.39 is 0 Å². The Balaban J connectivity index is 1.51. The van der Waals surface area contributed by atoms with Crippen molar-refractivity contribution in [1.29, 1.82) is 0 Å². The Hall–Kier alpha value is -2.33. The fraction of sp³-hybridized carbons (Fsp3) is 0.480. The molecule has 4 heteroatoms. The highest BCUT2D eigenvalue weighted by Crippen LogP contribution is 2.36. The van der Waals surface area contributed by atoms with Gasteiger partial charge in [0.1, 0.15) is 0 Å². The molecule has 2 heterocycles. The third-order valence-electron chi connectivity index (χ3n) is 6.31. The van der Waals surface area contributed by atoms with Crippen LogP contribution >= 0.6 is 0 Å². The van der Waals surface area contributed by atoms with Gasteiger partial charge >= 0.3 is 0 Å². The van der Waals surface area contributed by atoms with E-state index in [-0.39, 0.29) is 17.9 Å². The molecule has 29 heavy (non-hydrogen) atoms. The number of para-hydroxylation sites is 1. The molecule has 4 nitrogen and oxygen atoms in total. The van der Waals surface area contributed by atoms with Gasteiger partial charge in [0.2, 0.25) is 5.91 Å². The predicted octanol–water partition coefficient (Wildman–Crippen LogP) is 3.71. The Labute approximate surface area is 174 Å². The van der Waals surface area contributed by atoms with E-state index in [0.29, 0.717) is 5.92 Å². The maximum atomic E-state index is 13.2. The maximum absolute atomic E-state index is 13.2. The number of benzene rings is 2. The molecule has 0 spiro atoms. The van der Waals surface area contributed by atoms with E-state index in [1.165, 1.54) is 16.8 Å². The molecular weight excluding hydrogens is 358 g/mol. The van der Waals surface area contributed by atoms with Crippen LogP contribution in [0.2, 0.25) is 0 Å². The van der Waals surface area contributed by atoms with Gasteiger partial charge in [0.25, 0.3) is 0 Å². The number of carbonyl (C=O) groups is 1. The quantitative estimate of drug-likeness (QED) is 0.815. The lowest BCUT2D eigenvalue weighted by Crippen LogP contribution is -2.60. The highest BCUT2D eigenvalue weighted by atomic mass is 16.1. The molecule has 0 unspecified atom stereocenters. The van der Waals surface area contributed by atoms with Gasteiger partial charge in [0, 0.05) is 38.4 Å². The second-order valence-corrected chi connectivity index (χ2v) is 8.89. The molecule has 1 N–H and O–H groups in total. The Morgan fingerprint density at radius 1 is 1.07 bits per heavy atom. The number of hydrogen-bond donors (Lipinski definition) is 1. The lowest BCUT2D eigenvalue weighted by atomic mass is 9.83. The second kappa shape index (κ2) is 9.00. The van der Waals surface area contributed by atoms with Crippen LogP contribution in [0.3, 0.4) is 0 Å². The molecule has 2 aromatic rings. The van der Waals surface area contributed by atoms with Crippen molar-refractivity contribution in [2.75, 3.05) is 31.1 Å². The van der Waals surface area contributed by atoms with Crippen LogP contribution in [0.5, 0.6) is 0 Å². The minimum atomic E-state index is 0.00985. The van der Waals surface area contributed by atoms with Gasteiger partial charge in [0.05, 0.1) is 12.0 Å². The predicted molar refractivity (Wildman–Crippen MR) is 119 cm³/mol. The summed E-state index contributed by atoms with van der Waals surface area (Å²) in [5.74, 6) is 0.835. The third kappa shape index (κ3) is 4.64. The number of rotatable bonds is 6. The van der Waals surface area contributed by atoms with Crippen LogP contribution in [0.4, 0.5) is 5.69 Å². The van der Waals surface area contributed by atoms with Crippen LogP contribution in [0.1, 0.15) is 31.4 Å². The molecule has 4 rings (SSSR count). The van der Waals surface area contributed by atoms with Gasteiger partial charge in [-0.3, -0.25) is 9.69 Å². The lowest BCUT2D eigenvalue weighted by Gasteiger charge is -2.49. The van der Waals surface area contributed by atoms with E-state index >= 15 is 0 Å². The molecule has 2 atom stereocenters. The standard InChI is InChI=1S/C25H33N3O/c1-19(2)12-13-26-25(29)22-16-21-10-6-7-11-23(21)28-15-14-27(18-24(22)28)17-20-8-4-3-5-9-20/h3-11,19,22,24H,12-18H2,1-2H3,(H,26,29)/t22-,24+/m1/s1. The number of anilines is 1. The largest absolute Gasteiger partial charge is 0.365 e. The minimum absolute atomic E-state index is 0.00985. The summed E-state index contributed by atoms with van der Waals surface area (Å²) in [6.07, 6.45) is 1.87. The summed E-state index contributed by atoms with van der Waals surface area (Å²) in [6, 6.07) is 19.5. The number of nitrogens with one attached hydrogen (secondary N) is 1. The van der Waals surface area contributed by atoms with E-state index in [9.17, 15) is 4.79 Å². The van der Waals surface area contributed by atoms with Gasteiger partial charge in [-0.05, 0) is 36.0 Å². The number of carbonyl (C=O) groups excluding carboxylic acids is 1. The number of fused-ring (bicyclic) bond motifs is 3. The average molecular weight is 392 g/mol. The minimum Gasteiger partial charge on any atom is -0.365 e. The Morgan fingerprint density at radius 3 is 2.62 bits per heavy atom. The van der Waals surface area contributed by atoms with Crippen molar-refractivity contribution in [3.8, 4) is 0 Å². The molecular formula is C25H33N3O. The molecule has 2 aromatic carbocycles. The molecule has 1 fully saturated rings. The van der Waals surface area contributed by atoms with Crippen molar-refractivity contribution in [2.24, 2.45) is 11.8 Å². The number of hydrogen-bond acceptors (Lipinski definition) is 3. The maximum Gasteiger partial charge on any atom is 0.225 e. The number of amides is 1. The summed E-state index contributed by atoms with van der Waals surface area (Å²) >= 11 is 0. The van der Waals surface area contributed by atoms with Gasteiger partial charge in [-0.25, -0.2) is 0 Å². The number of piperazine rings is 1. The molecule has 2 aliphatic rings. The fourth-order valence-corrected chi connectivity index (χ4v) is 4.72. The van der Waals surface area contributed by atoms with E-state index in [0.717, 1.165) is 45.6 Å². The zero-order valence-electron chi connectivity index (χ0n) is 17.7. The molecule has 2 aliphatic heterocycles. The topological polar surface area (TPSA) is 35.6 Å². The molecule has 0 bridgehead atoms. The van der Waals surface area contributed by atoms with E-state index in [4.69, 9.17) is 0 Å². The highest BCUT2D eigenvalue weighted by Gasteiger charge is 2.41. The van der Waals surface area contributed by atoms with Gasteiger partial charge in [0.15, 0.2) is 0 Å². The molecule has 0 aliphatic carbocycles. The number of nitrogens with zero attached hydrogens (tertiary/aromatic N) is 2. The van der Waals surface area contributed by atoms with E-state index in [1.807, 2.05) is 0 Å². The van der Waals surface area contributed by atoms with Crippen molar-refractivity contribution < 1.29 is 4.79 Å². The summed E-state index contributed by atoms with van der Waals surface area (Å²) in [7, 11) is 0. The van der Waals surface area contributed by atoms with Gasteiger partial charge < -0.3 is 10.2 Å². The molecule has 154 valence electrons. The van der Waals surface area contributed by atoms with Gasteiger partial charge in [-0.2, -0.15) is 0 Å². The normalized spacial score (nSPS) is 21.6. The summed E-state index contributed by atoms with van der Waals surface area (Å²) in [5, 5.41) is 3.23. The van der Waals surface area contributed by atoms with Crippen LogP contribution in [-0.2, 0) is 17.8 Å². The zero-order valence-corrected chi connectivity index (χ0v) is 17.7. The Bertz CT molecular complexity index is 820. The first-order chi connectivity index (χ1) is 14.1. The van der Waals surface area contributed by atoms with Gasteiger partial charge in [-0.15, -0.1) is 0 Å². The monoisotopic (exact) mass is 391 g/mol. The van der Waals surface area contributed by atoms with Crippen LogP contribution in [0.25, 0.3) is 0 Å². The molecule has 0 radical (unpaired) electrons. The second-order valence-electron chi connectivity index (χ2n) is 8.89. The highest BCUT2D eigenvalue weighted by molar-refractivity contribution is 5.82. The molecule has 1 saturated heterocycles. The lowest BCUT2D eigenvalue weighted by molar-refractivity contribution is -0.126. The third-order valence-corrected chi connectivity index (χ3v) is 6.31. The average Bonchev–Trinajstić information content (AvgIpc) is 2.73.